The van der Waals surface area contributed by atoms with Gasteiger partial charge in [0.15, 0.2) is 5.69 Å². The van der Waals surface area contributed by atoms with Gasteiger partial charge < -0.3 is 19.4 Å². The van der Waals surface area contributed by atoms with Crippen LogP contribution in [-0.4, -0.2) is 39.7 Å². The fourth-order valence-corrected chi connectivity index (χ4v) is 2.48. The van der Waals surface area contributed by atoms with E-state index in [0.717, 1.165) is 17.1 Å². The molecule has 0 aliphatic carbocycles. The summed E-state index contributed by atoms with van der Waals surface area (Å²) in [6.45, 7) is 3.71. The Morgan fingerprint density at radius 1 is 1.12 bits per heavy atom. The zero-order valence-corrected chi connectivity index (χ0v) is 15.0. The van der Waals surface area contributed by atoms with Gasteiger partial charge in [0.2, 0.25) is 5.95 Å². The number of imidazole rings is 1. The number of anilines is 2. The lowest BCUT2D eigenvalue weighted by Crippen LogP contribution is -2.08. The second-order valence-electron chi connectivity index (χ2n) is 5.64. The Hall–Kier alpha value is -3.42. The van der Waals surface area contributed by atoms with E-state index >= 15 is 0 Å². The average molecular weight is 353 g/mol. The van der Waals surface area contributed by atoms with Gasteiger partial charge in [0.05, 0.1) is 31.9 Å². The molecular weight excluding hydrogens is 334 g/mol. The number of benzene rings is 1. The predicted molar refractivity (Wildman–Crippen MR) is 96.2 cm³/mol. The van der Waals surface area contributed by atoms with Crippen molar-refractivity contribution in [3.8, 4) is 11.4 Å². The fraction of sp³-hybridized carbons (Fsp3) is 0.222. The Balaban J connectivity index is 1.91. The van der Waals surface area contributed by atoms with Gasteiger partial charge >= 0.3 is 5.97 Å². The van der Waals surface area contributed by atoms with Crippen LogP contribution in [0.1, 0.15) is 21.9 Å². The topological polar surface area (TPSA) is 91.2 Å². The highest BCUT2D eigenvalue weighted by atomic mass is 16.5. The summed E-state index contributed by atoms with van der Waals surface area (Å²) in [5.74, 6) is 0.453. The van der Waals surface area contributed by atoms with Crippen molar-refractivity contribution < 1.29 is 14.3 Å². The van der Waals surface area contributed by atoms with Crippen molar-refractivity contribution in [2.75, 3.05) is 19.5 Å². The SMILES string of the molecule is COC(=O)c1cc(C)nc(Nc2ccc(-n3cnc(C)c3)c(OC)c2)n1. The molecule has 0 unspecified atom stereocenters. The largest absolute Gasteiger partial charge is 0.494 e. The highest BCUT2D eigenvalue weighted by Crippen LogP contribution is 2.28. The van der Waals surface area contributed by atoms with Crippen LogP contribution >= 0.6 is 0 Å². The minimum absolute atomic E-state index is 0.194. The molecule has 0 atom stereocenters. The molecule has 0 saturated heterocycles. The number of ether oxygens (including phenoxy) is 2. The number of hydrogen-bond acceptors (Lipinski definition) is 7. The Morgan fingerprint density at radius 2 is 1.92 bits per heavy atom. The number of carbonyl (C=O) groups is 1. The number of nitrogens with one attached hydrogen (secondary N) is 1. The summed E-state index contributed by atoms with van der Waals surface area (Å²) in [6, 6.07) is 7.17. The Kier molecular flexibility index (Phi) is 4.83. The van der Waals surface area contributed by atoms with E-state index in [4.69, 9.17) is 9.47 Å². The minimum atomic E-state index is -0.512. The average Bonchev–Trinajstić information content (AvgIpc) is 3.06. The van der Waals surface area contributed by atoms with Gasteiger partial charge in [0.25, 0.3) is 0 Å². The third kappa shape index (κ3) is 3.64. The number of esters is 1. The number of rotatable bonds is 5. The minimum Gasteiger partial charge on any atom is -0.494 e. The molecule has 3 rings (SSSR count). The molecule has 0 aliphatic rings. The van der Waals surface area contributed by atoms with Gasteiger partial charge in [0, 0.05) is 23.6 Å². The molecule has 26 heavy (non-hydrogen) atoms. The molecule has 1 N–H and O–H groups in total. The van der Waals surface area contributed by atoms with Gasteiger partial charge in [-0.25, -0.2) is 19.7 Å². The number of methoxy groups -OCH3 is 2. The van der Waals surface area contributed by atoms with Crippen LogP contribution in [0.25, 0.3) is 5.69 Å². The fourth-order valence-electron chi connectivity index (χ4n) is 2.48. The summed E-state index contributed by atoms with van der Waals surface area (Å²) >= 11 is 0. The maximum Gasteiger partial charge on any atom is 0.356 e. The van der Waals surface area contributed by atoms with Gasteiger partial charge in [-0.15, -0.1) is 0 Å². The summed E-state index contributed by atoms with van der Waals surface area (Å²) < 4.78 is 12.1. The highest BCUT2D eigenvalue weighted by molar-refractivity contribution is 5.87. The molecule has 2 heterocycles. The van der Waals surface area contributed by atoms with E-state index in [1.807, 2.05) is 35.9 Å². The summed E-state index contributed by atoms with van der Waals surface area (Å²) in [6.07, 6.45) is 3.64. The van der Waals surface area contributed by atoms with Gasteiger partial charge in [-0.3, -0.25) is 0 Å². The third-order valence-corrected chi connectivity index (χ3v) is 3.67. The van der Waals surface area contributed by atoms with Crippen LogP contribution in [0.5, 0.6) is 5.75 Å². The van der Waals surface area contributed by atoms with Gasteiger partial charge in [-0.2, -0.15) is 0 Å². The number of carbonyl (C=O) groups excluding carboxylic acids is 1. The van der Waals surface area contributed by atoms with Crippen LogP contribution in [0.3, 0.4) is 0 Å². The van der Waals surface area contributed by atoms with E-state index in [9.17, 15) is 4.79 Å². The van der Waals surface area contributed by atoms with Crippen LogP contribution in [0.15, 0.2) is 36.8 Å². The van der Waals surface area contributed by atoms with Crippen molar-refractivity contribution in [1.29, 1.82) is 0 Å². The summed E-state index contributed by atoms with van der Waals surface area (Å²) in [7, 11) is 2.92. The van der Waals surface area contributed by atoms with Crippen molar-refractivity contribution in [1.82, 2.24) is 19.5 Å². The van der Waals surface area contributed by atoms with Crippen molar-refractivity contribution in [2.45, 2.75) is 13.8 Å². The molecule has 134 valence electrons. The van der Waals surface area contributed by atoms with Crippen molar-refractivity contribution in [3.05, 3.63) is 53.9 Å². The standard InChI is InChI=1S/C18H19N5O3/c1-11-7-14(17(24)26-4)22-18(20-11)21-13-5-6-15(16(8-13)25-3)23-9-12(2)19-10-23/h5-10H,1-4H3,(H,20,21,22). The van der Waals surface area contributed by atoms with Crippen molar-refractivity contribution >= 4 is 17.6 Å². The van der Waals surface area contributed by atoms with Crippen LogP contribution in [0.4, 0.5) is 11.6 Å². The van der Waals surface area contributed by atoms with Gasteiger partial charge in [-0.1, -0.05) is 0 Å². The maximum atomic E-state index is 11.7. The van der Waals surface area contributed by atoms with Crippen LogP contribution in [0.2, 0.25) is 0 Å². The summed E-state index contributed by atoms with van der Waals surface area (Å²) in [5.41, 5.74) is 3.35. The Labute approximate surface area is 150 Å². The molecule has 0 spiro atoms. The Bertz CT molecular complexity index is 952. The first kappa shape index (κ1) is 17.4. The first-order valence-electron chi connectivity index (χ1n) is 7.90. The van der Waals surface area contributed by atoms with E-state index in [2.05, 4.69) is 20.3 Å². The lowest BCUT2D eigenvalue weighted by molar-refractivity contribution is 0.0594. The van der Waals surface area contributed by atoms with Gasteiger partial charge in [-0.05, 0) is 32.0 Å². The molecule has 1 aromatic carbocycles. The maximum absolute atomic E-state index is 11.7. The first-order chi connectivity index (χ1) is 12.5. The highest BCUT2D eigenvalue weighted by Gasteiger charge is 2.12. The van der Waals surface area contributed by atoms with E-state index in [0.29, 0.717) is 17.4 Å². The van der Waals surface area contributed by atoms with Crippen LogP contribution in [0, 0.1) is 13.8 Å². The zero-order chi connectivity index (χ0) is 18.7. The molecule has 0 aliphatic heterocycles. The molecule has 0 radical (unpaired) electrons. The monoisotopic (exact) mass is 353 g/mol. The second-order valence-corrected chi connectivity index (χ2v) is 5.64. The summed E-state index contributed by atoms with van der Waals surface area (Å²) in [5, 5.41) is 3.09. The molecule has 8 nitrogen and oxygen atoms in total. The quantitative estimate of drug-likeness (QED) is 0.705. The molecule has 3 aromatic rings. The molecule has 0 amide bonds. The molecule has 0 bridgehead atoms. The van der Waals surface area contributed by atoms with Gasteiger partial charge in [0.1, 0.15) is 5.75 Å². The molecule has 0 saturated carbocycles. The normalized spacial score (nSPS) is 10.5. The predicted octanol–water partition coefficient (Wildman–Crippen LogP) is 2.82. The third-order valence-electron chi connectivity index (χ3n) is 3.67. The zero-order valence-electron chi connectivity index (χ0n) is 15.0. The Morgan fingerprint density at radius 3 is 2.58 bits per heavy atom. The van der Waals surface area contributed by atoms with Crippen molar-refractivity contribution in [2.24, 2.45) is 0 Å². The smallest absolute Gasteiger partial charge is 0.356 e. The number of hydrogen-bond donors (Lipinski definition) is 1. The van der Waals surface area contributed by atoms with Crippen LogP contribution in [-0.2, 0) is 4.74 Å². The molecule has 0 fully saturated rings. The lowest BCUT2D eigenvalue weighted by atomic mass is 10.2. The molecule has 8 heteroatoms. The number of aryl methyl sites for hydroxylation is 2. The molecular formula is C18H19N5O3. The van der Waals surface area contributed by atoms with Crippen LogP contribution < -0.4 is 10.1 Å². The second kappa shape index (κ2) is 7.22. The van der Waals surface area contributed by atoms with E-state index in [1.165, 1.54) is 7.11 Å². The number of nitrogens with zero attached hydrogens (tertiary/aromatic N) is 4. The van der Waals surface area contributed by atoms with E-state index in [-0.39, 0.29) is 5.69 Å². The number of aromatic nitrogens is 4. The lowest BCUT2D eigenvalue weighted by Gasteiger charge is -2.12. The van der Waals surface area contributed by atoms with E-state index in [1.54, 1.807) is 26.4 Å². The molecule has 2 aromatic heterocycles. The van der Waals surface area contributed by atoms with E-state index < -0.39 is 5.97 Å². The summed E-state index contributed by atoms with van der Waals surface area (Å²) in [4.78, 5) is 24.4. The van der Waals surface area contributed by atoms with Crippen molar-refractivity contribution in [3.63, 3.8) is 0 Å². The first-order valence-corrected chi connectivity index (χ1v) is 7.90.